The van der Waals surface area contributed by atoms with Crippen molar-refractivity contribution in [1.82, 2.24) is 20.2 Å². The van der Waals surface area contributed by atoms with Gasteiger partial charge in [0.2, 0.25) is 5.95 Å². The number of fused-ring (bicyclic) bond motifs is 1. The lowest BCUT2D eigenvalue weighted by atomic mass is 10.1. The van der Waals surface area contributed by atoms with Crippen LogP contribution in [0.4, 0.5) is 17.5 Å². The number of hydrogen-bond donors (Lipinski definition) is 3. The van der Waals surface area contributed by atoms with Crippen molar-refractivity contribution in [3.63, 3.8) is 0 Å². The highest BCUT2D eigenvalue weighted by molar-refractivity contribution is 5.83. The standard InChI is InChI=1S/C22H24N6O/c1-15(2)29-18-9-7-17(8-10-18)26-22-27-21(14-25-28-22)23-12-11-16-13-24-20-6-4-3-5-19(16)20/h3-10,13-15,24H,11-12H2,1-2H3,(H2,23,26,27,28). The van der Waals surface area contributed by atoms with E-state index >= 15 is 0 Å². The lowest BCUT2D eigenvalue weighted by Crippen LogP contribution is -2.08. The maximum absolute atomic E-state index is 5.66. The highest BCUT2D eigenvalue weighted by Crippen LogP contribution is 2.20. The molecule has 0 bridgehead atoms. The summed E-state index contributed by atoms with van der Waals surface area (Å²) in [5.74, 6) is 1.96. The fourth-order valence-corrected chi connectivity index (χ4v) is 3.12. The Bertz CT molecular complexity index is 1070. The molecule has 2 aromatic carbocycles. The van der Waals surface area contributed by atoms with Gasteiger partial charge in [0.1, 0.15) is 5.75 Å². The average molecular weight is 388 g/mol. The van der Waals surface area contributed by atoms with Gasteiger partial charge >= 0.3 is 0 Å². The zero-order valence-corrected chi connectivity index (χ0v) is 16.5. The van der Waals surface area contributed by atoms with Crippen LogP contribution in [0.3, 0.4) is 0 Å². The van der Waals surface area contributed by atoms with Gasteiger partial charge in [0.25, 0.3) is 0 Å². The minimum Gasteiger partial charge on any atom is -0.491 e. The summed E-state index contributed by atoms with van der Waals surface area (Å²) in [6.07, 6.45) is 4.71. The van der Waals surface area contributed by atoms with E-state index in [9.17, 15) is 0 Å². The number of anilines is 3. The fraction of sp³-hybridized carbons (Fsp3) is 0.227. The summed E-state index contributed by atoms with van der Waals surface area (Å²) in [5.41, 5.74) is 3.30. The minimum absolute atomic E-state index is 0.147. The third-order valence-corrected chi connectivity index (χ3v) is 4.42. The van der Waals surface area contributed by atoms with E-state index in [1.54, 1.807) is 6.20 Å². The van der Waals surface area contributed by atoms with Gasteiger partial charge in [-0.05, 0) is 56.2 Å². The number of aromatic amines is 1. The van der Waals surface area contributed by atoms with Gasteiger partial charge in [-0.15, -0.1) is 5.10 Å². The van der Waals surface area contributed by atoms with Gasteiger partial charge in [-0.2, -0.15) is 10.1 Å². The molecule has 2 aromatic heterocycles. The van der Waals surface area contributed by atoms with Gasteiger partial charge in [-0.25, -0.2) is 0 Å². The van der Waals surface area contributed by atoms with Crippen LogP contribution < -0.4 is 15.4 Å². The first kappa shape index (κ1) is 18.7. The van der Waals surface area contributed by atoms with E-state index in [2.05, 4.69) is 55.2 Å². The average Bonchev–Trinajstić information content (AvgIpc) is 3.13. The number of rotatable bonds is 8. The second-order valence-corrected chi connectivity index (χ2v) is 7.02. The van der Waals surface area contributed by atoms with E-state index in [-0.39, 0.29) is 6.10 Å². The Morgan fingerprint density at radius 3 is 2.72 bits per heavy atom. The molecule has 7 heteroatoms. The summed E-state index contributed by atoms with van der Waals surface area (Å²) >= 11 is 0. The van der Waals surface area contributed by atoms with Crippen LogP contribution in [-0.4, -0.2) is 32.8 Å². The first-order valence-electron chi connectivity index (χ1n) is 9.70. The molecule has 0 atom stereocenters. The van der Waals surface area contributed by atoms with Crippen molar-refractivity contribution in [2.24, 2.45) is 0 Å². The van der Waals surface area contributed by atoms with Crippen LogP contribution in [0.15, 0.2) is 60.9 Å². The van der Waals surface area contributed by atoms with Crippen molar-refractivity contribution < 1.29 is 4.74 Å². The van der Waals surface area contributed by atoms with Gasteiger partial charge in [0.15, 0.2) is 5.82 Å². The Morgan fingerprint density at radius 2 is 1.90 bits per heavy atom. The van der Waals surface area contributed by atoms with Crippen LogP contribution in [0.5, 0.6) is 5.75 Å². The second kappa shape index (κ2) is 8.60. The van der Waals surface area contributed by atoms with E-state index in [4.69, 9.17) is 4.74 Å². The summed E-state index contributed by atoms with van der Waals surface area (Å²) in [4.78, 5) is 7.79. The molecule has 4 rings (SSSR count). The Labute approximate surface area is 169 Å². The van der Waals surface area contributed by atoms with Crippen LogP contribution >= 0.6 is 0 Å². The first-order chi connectivity index (χ1) is 14.2. The SMILES string of the molecule is CC(C)Oc1ccc(Nc2nncc(NCCc3c[nH]c4ccccc34)n2)cc1. The Kier molecular flexibility index (Phi) is 5.56. The number of para-hydroxylation sites is 1. The number of benzene rings is 2. The highest BCUT2D eigenvalue weighted by atomic mass is 16.5. The molecule has 0 aliphatic heterocycles. The highest BCUT2D eigenvalue weighted by Gasteiger charge is 2.05. The van der Waals surface area contributed by atoms with E-state index in [1.807, 2.05) is 44.2 Å². The van der Waals surface area contributed by atoms with Crippen LogP contribution in [-0.2, 0) is 6.42 Å². The third-order valence-electron chi connectivity index (χ3n) is 4.42. The predicted molar refractivity (Wildman–Crippen MR) is 116 cm³/mol. The minimum atomic E-state index is 0.147. The van der Waals surface area contributed by atoms with Crippen molar-refractivity contribution >= 4 is 28.4 Å². The van der Waals surface area contributed by atoms with Gasteiger partial charge in [0, 0.05) is 29.3 Å². The number of nitrogens with zero attached hydrogens (tertiary/aromatic N) is 3. The summed E-state index contributed by atoms with van der Waals surface area (Å²) in [6, 6.07) is 16.0. The Morgan fingerprint density at radius 1 is 1.07 bits per heavy atom. The molecule has 0 aliphatic carbocycles. The largest absolute Gasteiger partial charge is 0.491 e. The van der Waals surface area contributed by atoms with E-state index < -0.39 is 0 Å². The van der Waals surface area contributed by atoms with E-state index in [0.717, 1.165) is 29.9 Å². The summed E-state index contributed by atoms with van der Waals surface area (Å²) in [6.45, 7) is 4.76. The second-order valence-electron chi connectivity index (χ2n) is 7.02. The van der Waals surface area contributed by atoms with Crippen molar-refractivity contribution in [3.8, 4) is 5.75 Å². The molecule has 2 heterocycles. The number of hydrogen-bond acceptors (Lipinski definition) is 6. The topological polar surface area (TPSA) is 87.8 Å². The summed E-state index contributed by atoms with van der Waals surface area (Å²) < 4.78 is 5.66. The van der Waals surface area contributed by atoms with E-state index in [1.165, 1.54) is 10.9 Å². The number of nitrogens with one attached hydrogen (secondary N) is 3. The van der Waals surface area contributed by atoms with Crippen molar-refractivity contribution in [3.05, 3.63) is 66.5 Å². The van der Waals surface area contributed by atoms with Crippen LogP contribution in [0.2, 0.25) is 0 Å². The molecule has 0 spiro atoms. The molecule has 4 aromatic rings. The van der Waals surface area contributed by atoms with Crippen LogP contribution in [0.25, 0.3) is 10.9 Å². The molecule has 0 radical (unpaired) electrons. The summed E-state index contributed by atoms with van der Waals surface area (Å²) in [5, 5.41) is 15.8. The molecule has 0 saturated carbocycles. The molecular formula is C22H24N6O. The quantitative estimate of drug-likeness (QED) is 0.411. The number of aromatic nitrogens is 4. The molecule has 0 fully saturated rings. The zero-order chi connectivity index (χ0) is 20.1. The molecular weight excluding hydrogens is 364 g/mol. The Hall–Kier alpha value is -3.61. The first-order valence-corrected chi connectivity index (χ1v) is 9.70. The molecule has 0 amide bonds. The van der Waals surface area contributed by atoms with Crippen LogP contribution in [0.1, 0.15) is 19.4 Å². The Balaban J connectivity index is 1.35. The smallest absolute Gasteiger partial charge is 0.249 e. The van der Waals surface area contributed by atoms with Gasteiger partial charge < -0.3 is 20.4 Å². The lowest BCUT2D eigenvalue weighted by Gasteiger charge is -2.11. The fourth-order valence-electron chi connectivity index (χ4n) is 3.12. The predicted octanol–water partition coefficient (Wildman–Crippen LogP) is 4.54. The molecule has 29 heavy (non-hydrogen) atoms. The zero-order valence-electron chi connectivity index (χ0n) is 16.5. The lowest BCUT2D eigenvalue weighted by molar-refractivity contribution is 0.242. The molecule has 0 aliphatic rings. The molecule has 3 N–H and O–H groups in total. The normalized spacial score (nSPS) is 11.0. The van der Waals surface area contributed by atoms with Crippen molar-refractivity contribution in [2.45, 2.75) is 26.4 Å². The third kappa shape index (κ3) is 4.82. The van der Waals surface area contributed by atoms with E-state index in [0.29, 0.717) is 11.8 Å². The van der Waals surface area contributed by atoms with Gasteiger partial charge in [-0.1, -0.05) is 18.2 Å². The molecule has 148 valence electrons. The van der Waals surface area contributed by atoms with Crippen LogP contribution in [0, 0.1) is 0 Å². The van der Waals surface area contributed by atoms with Gasteiger partial charge in [0.05, 0.1) is 12.3 Å². The van der Waals surface area contributed by atoms with Crippen molar-refractivity contribution in [1.29, 1.82) is 0 Å². The number of ether oxygens (including phenoxy) is 1. The maximum atomic E-state index is 5.66. The molecule has 0 saturated heterocycles. The monoisotopic (exact) mass is 388 g/mol. The molecule has 7 nitrogen and oxygen atoms in total. The van der Waals surface area contributed by atoms with Crippen molar-refractivity contribution in [2.75, 3.05) is 17.2 Å². The van der Waals surface area contributed by atoms with Gasteiger partial charge in [-0.3, -0.25) is 0 Å². The number of H-pyrrole nitrogens is 1. The molecule has 0 unspecified atom stereocenters. The maximum Gasteiger partial charge on any atom is 0.249 e. The summed E-state index contributed by atoms with van der Waals surface area (Å²) in [7, 11) is 0.